The van der Waals surface area contributed by atoms with Crippen LogP contribution in [0.2, 0.25) is 0 Å². The van der Waals surface area contributed by atoms with E-state index < -0.39 is 0 Å². The van der Waals surface area contributed by atoms with Crippen LogP contribution >= 0.6 is 0 Å². The van der Waals surface area contributed by atoms with Crippen molar-refractivity contribution in [2.24, 2.45) is 0 Å². The number of anilines is 2. The van der Waals surface area contributed by atoms with Crippen LogP contribution in [0.1, 0.15) is 24.0 Å². The lowest BCUT2D eigenvalue weighted by Gasteiger charge is -2.11. The second kappa shape index (κ2) is 4.53. The van der Waals surface area contributed by atoms with Gasteiger partial charge in [-0.2, -0.15) is 4.98 Å². The fourth-order valence-electron chi connectivity index (χ4n) is 2.14. The predicted molar refractivity (Wildman–Crippen MR) is 78.0 cm³/mol. The van der Waals surface area contributed by atoms with Crippen LogP contribution < -0.4 is 11.1 Å². The third kappa shape index (κ3) is 2.52. The molecule has 4 nitrogen and oxygen atoms in total. The van der Waals surface area contributed by atoms with Gasteiger partial charge < -0.3 is 11.1 Å². The van der Waals surface area contributed by atoms with Gasteiger partial charge in [0.15, 0.2) is 0 Å². The molecule has 4 heteroatoms. The average Bonchev–Trinajstić information content (AvgIpc) is 3.16. The van der Waals surface area contributed by atoms with E-state index in [9.17, 15) is 0 Å². The standard InChI is InChI=1S/C15H18N4/c1-9-4-3-5-12(10(9)2)13-8-14(17-11-6-7-11)19-15(16)18-13/h3-5,8,11H,6-7H2,1-2H3,(H3,16,17,18,19). The van der Waals surface area contributed by atoms with E-state index in [2.05, 4.69) is 41.3 Å². The third-order valence-electron chi connectivity index (χ3n) is 3.55. The summed E-state index contributed by atoms with van der Waals surface area (Å²) in [7, 11) is 0. The summed E-state index contributed by atoms with van der Waals surface area (Å²) in [5.41, 5.74) is 10.3. The quantitative estimate of drug-likeness (QED) is 0.884. The number of aryl methyl sites for hydroxylation is 1. The molecule has 0 aliphatic heterocycles. The highest BCUT2D eigenvalue weighted by Gasteiger charge is 2.21. The zero-order chi connectivity index (χ0) is 13.4. The minimum absolute atomic E-state index is 0.321. The predicted octanol–water partition coefficient (Wildman–Crippen LogP) is 2.92. The van der Waals surface area contributed by atoms with Crippen molar-refractivity contribution in [1.29, 1.82) is 0 Å². The molecule has 3 rings (SSSR count). The monoisotopic (exact) mass is 254 g/mol. The topological polar surface area (TPSA) is 63.8 Å². The molecule has 19 heavy (non-hydrogen) atoms. The van der Waals surface area contributed by atoms with Crippen molar-refractivity contribution in [3.05, 3.63) is 35.4 Å². The fourth-order valence-corrected chi connectivity index (χ4v) is 2.14. The Labute approximate surface area is 113 Å². The Morgan fingerprint density at radius 1 is 1.21 bits per heavy atom. The Morgan fingerprint density at radius 3 is 2.74 bits per heavy atom. The van der Waals surface area contributed by atoms with E-state index in [1.807, 2.05) is 12.1 Å². The van der Waals surface area contributed by atoms with Gasteiger partial charge in [-0.15, -0.1) is 0 Å². The first-order valence-electron chi connectivity index (χ1n) is 6.61. The summed E-state index contributed by atoms with van der Waals surface area (Å²) in [5.74, 6) is 1.15. The summed E-state index contributed by atoms with van der Waals surface area (Å²) >= 11 is 0. The van der Waals surface area contributed by atoms with Gasteiger partial charge in [-0.3, -0.25) is 0 Å². The number of nitrogens with one attached hydrogen (secondary N) is 1. The van der Waals surface area contributed by atoms with Crippen molar-refractivity contribution in [3.8, 4) is 11.3 Å². The molecule has 2 aromatic rings. The van der Waals surface area contributed by atoms with Gasteiger partial charge in [0.25, 0.3) is 0 Å². The average molecular weight is 254 g/mol. The van der Waals surface area contributed by atoms with Crippen LogP contribution in [0, 0.1) is 13.8 Å². The first-order chi connectivity index (χ1) is 9.13. The van der Waals surface area contributed by atoms with E-state index in [0.717, 1.165) is 17.1 Å². The van der Waals surface area contributed by atoms with Crippen molar-refractivity contribution >= 4 is 11.8 Å². The molecule has 0 atom stereocenters. The normalized spacial score (nSPS) is 14.4. The second-order valence-corrected chi connectivity index (χ2v) is 5.16. The molecule has 0 unspecified atom stereocenters. The summed E-state index contributed by atoms with van der Waals surface area (Å²) in [6.45, 7) is 4.21. The zero-order valence-electron chi connectivity index (χ0n) is 11.3. The molecule has 1 fully saturated rings. The molecule has 0 radical (unpaired) electrons. The number of hydrogen-bond donors (Lipinski definition) is 2. The van der Waals surface area contributed by atoms with Crippen molar-refractivity contribution in [2.45, 2.75) is 32.7 Å². The molecule has 3 N–H and O–H groups in total. The smallest absolute Gasteiger partial charge is 0.222 e. The minimum Gasteiger partial charge on any atom is -0.368 e. The summed E-state index contributed by atoms with van der Waals surface area (Å²) < 4.78 is 0. The second-order valence-electron chi connectivity index (χ2n) is 5.16. The Bertz CT molecular complexity index is 618. The molecule has 0 saturated heterocycles. The van der Waals surface area contributed by atoms with Gasteiger partial charge in [0.1, 0.15) is 5.82 Å². The molecular formula is C15H18N4. The van der Waals surface area contributed by atoms with Gasteiger partial charge in [-0.1, -0.05) is 18.2 Å². The summed E-state index contributed by atoms with van der Waals surface area (Å²) in [4.78, 5) is 8.61. The summed E-state index contributed by atoms with van der Waals surface area (Å²) in [6, 6.07) is 8.76. The van der Waals surface area contributed by atoms with Gasteiger partial charge in [-0.05, 0) is 37.8 Å². The summed E-state index contributed by atoms with van der Waals surface area (Å²) in [5, 5.41) is 3.37. The highest BCUT2D eigenvalue weighted by molar-refractivity contribution is 5.68. The third-order valence-corrected chi connectivity index (χ3v) is 3.55. The maximum Gasteiger partial charge on any atom is 0.222 e. The number of aromatic nitrogens is 2. The lowest BCUT2D eigenvalue weighted by Crippen LogP contribution is -2.06. The van der Waals surface area contributed by atoms with Crippen molar-refractivity contribution in [1.82, 2.24) is 9.97 Å². The van der Waals surface area contributed by atoms with E-state index in [0.29, 0.717) is 12.0 Å². The number of nitrogen functional groups attached to an aromatic ring is 1. The van der Waals surface area contributed by atoms with E-state index in [1.165, 1.54) is 24.0 Å². The van der Waals surface area contributed by atoms with E-state index in [-0.39, 0.29) is 0 Å². The van der Waals surface area contributed by atoms with Crippen LogP contribution in [-0.2, 0) is 0 Å². The Morgan fingerprint density at radius 2 is 2.00 bits per heavy atom. The molecule has 1 heterocycles. The summed E-state index contributed by atoms with van der Waals surface area (Å²) in [6.07, 6.45) is 2.42. The molecule has 1 aliphatic rings. The van der Waals surface area contributed by atoms with Gasteiger partial charge in [-0.25, -0.2) is 4.98 Å². The first-order valence-corrected chi connectivity index (χ1v) is 6.61. The molecule has 0 amide bonds. The fraction of sp³-hybridized carbons (Fsp3) is 0.333. The number of rotatable bonds is 3. The Kier molecular flexibility index (Phi) is 2.85. The van der Waals surface area contributed by atoms with E-state index >= 15 is 0 Å². The highest BCUT2D eigenvalue weighted by Crippen LogP contribution is 2.28. The van der Waals surface area contributed by atoms with Crippen molar-refractivity contribution in [2.75, 3.05) is 11.1 Å². The van der Waals surface area contributed by atoms with Crippen molar-refractivity contribution in [3.63, 3.8) is 0 Å². The van der Waals surface area contributed by atoms with Gasteiger partial charge >= 0.3 is 0 Å². The lowest BCUT2D eigenvalue weighted by atomic mass is 10.0. The molecule has 1 aromatic heterocycles. The minimum atomic E-state index is 0.321. The number of nitrogens with zero attached hydrogens (tertiary/aromatic N) is 2. The van der Waals surface area contributed by atoms with Crippen molar-refractivity contribution < 1.29 is 0 Å². The number of nitrogens with two attached hydrogens (primary N) is 1. The Hall–Kier alpha value is -2.10. The number of hydrogen-bond acceptors (Lipinski definition) is 4. The zero-order valence-corrected chi connectivity index (χ0v) is 11.3. The molecular weight excluding hydrogens is 236 g/mol. The van der Waals surface area contributed by atoms with Crippen LogP contribution in [0.5, 0.6) is 0 Å². The molecule has 0 spiro atoms. The van der Waals surface area contributed by atoms with Crippen LogP contribution in [0.15, 0.2) is 24.3 Å². The number of benzene rings is 1. The Balaban J connectivity index is 2.03. The molecule has 1 aromatic carbocycles. The molecule has 0 bridgehead atoms. The molecule has 98 valence electrons. The van der Waals surface area contributed by atoms with Crippen LogP contribution in [0.25, 0.3) is 11.3 Å². The molecule has 1 saturated carbocycles. The van der Waals surface area contributed by atoms with E-state index in [4.69, 9.17) is 5.73 Å². The van der Waals surface area contributed by atoms with Gasteiger partial charge in [0, 0.05) is 17.7 Å². The maximum absolute atomic E-state index is 5.82. The van der Waals surface area contributed by atoms with Gasteiger partial charge in [0.2, 0.25) is 5.95 Å². The first kappa shape index (κ1) is 12.0. The molecule has 1 aliphatic carbocycles. The van der Waals surface area contributed by atoms with Crippen LogP contribution in [-0.4, -0.2) is 16.0 Å². The van der Waals surface area contributed by atoms with E-state index in [1.54, 1.807) is 0 Å². The SMILES string of the molecule is Cc1cccc(-c2cc(NC3CC3)nc(N)n2)c1C. The van der Waals surface area contributed by atoms with Gasteiger partial charge in [0.05, 0.1) is 5.69 Å². The lowest BCUT2D eigenvalue weighted by molar-refractivity contribution is 1.09. The largest absolute Gasteiger partial charge is 0.368 e. The van der Waals surface area contributed by atoms with Crippen LogP contribution in [0.4, 0.5) is 11.8 Å². The highest BCUT2D eigenvalue weighted by atomic mass is 15.1. The van der Waals surface area contributed by atoms with Crippen LogP contribution in [0.3, 0.4) is 0 Å². The maximum atomic E-state index is 5.82.